The Labute approximate surface area is 87.6 Å². The molecule has 15 heavy (non-hydrogen) atoms. The third kappa shape index (κ3) is 3.81. The zero-order valence-electron chi connectivity index (χ0n) is 8.36. The Bertz CT molecular complexity index is 395. The molecule has 80 valence electrons. The molecule has 0 amide bonds. The molecule has 0 atom stereocenters. The third-order valence-corrected chi connectivity index (χ3v) is 1.90. The van der Waals surface area contributed by atoms with Crippen molar-refractivity contribution in [1.29, 1.82) is 0 Å². The fourth-order valence-corrected chi connectivity index (χ4v) is 1.15. The average molecular weight is 207 g/mol. The minimum Gasteiger partial charge on any atom is -0.463 e. The second kappa shape index (κ2) is 5.80. The molecule has 0 saturated heterocycles. The summed E-state index contributed by atoms with van der Waals surface area (Å²) in [5.41, 5.74) is 0.611. The molecule has 0 unspecified atom stereocenters. The van der Waals surface area contributed by atoms with Crippen LogP contribution in [0, 0.1) is 0 Å². The average Bonchev–Trinajstić information content (AvgIpc) is 2.26. The molecule has 0 spiro atoms. The monoisotopic (exact) mass is 207 g/mol. The van der Waals surface area contributed by atoms with Gasteiger partial charge in [-0.15, -0.1) is 0 Å². The second-order valence-corrected chi connectivity index (χ2v) is 3.00. The molecule has 1 aromatic rings. The van der Waals surface area contributed by atoms with Gasteiger partial charge in [-0.3, -0.25) is 4.79 Å². The maximum absolute atomic E-state index is 11.2. The number of carbonyl (C=O) groups excluding carboxylic acids is 1. The van der Waals surface area contributed by atoms with Crippen LogP contribution in [-0.2, 0) is 16.0 Å². The summed E-state index contributed by atoms with van der Waals surface area (Å²) >= 11 is 0. The number of nitrogens with one attached hydrogen (secondary N) is 1. The third-order valence-electron chi connectivity index (χ3n) is 1.90. The van der Waals surface area contributed by atoms with Crippen molar-refractivity contribution < 1.29 is 9.53 Å². The molecule has 1 heterocycles. The van der Waals surface area contributed by atoms with E-state index in [1.54, 1.807) is 18.3 Å². The van der Waals surface area contributed by atoms with Crippen LogP contribution in [0.15, 0.2) is 35.8 Å². The molecule has 0 fully saturated rings. The highest BCUT2D eigenvalue weighted by Crippen LogP contribution is 1.96. The van der Waals surface area contributed by atoms with Gasteiger partial charge in [0.1, 0.15) is 0 Å². The largest absolute Gasteiger partial charge is 0.463 e. The van der Waals surface area contributed by atoms with Crippen molar-refractivity contribution in [1.82, 2.24) is 4.98 Å². The normalized spacial score (nSPS) is 9.60. The predicted octanol–water partition coefficient (Wildman–Crippen LogP) is 1.04. The van der Waals surface area contributed by atoms with Gasteiger partial charge >= 0.3 is 5.97 Å². The van der Waals surface area contributed by atoms with E-state index in [2.05, 4.69) is 11.6 Å². The summed E-state index contributed by atoms with van der Waals surface area (Å²) in [6, 6.07) is 3.53. The van der Waals surface area contributed by atoms with Gasteiger partial charge in [0.15, 0.2) is 0 Å². The fraction of sp³-hybridized carbons (Fsp3) is 0.273. The van der Waals surface area contributed by atoms with E-state index in [-0.39, 0.29) is 5.56 Å². The number of aromatic nitrogens is 1. The SMILES string of the molecule is C=CC(=O)OCCCc1ccc[nH]c1=O. The van der Waals surface area contributed by atoms with E-state index < -0.39 is 5.97 Å². The topological polar surface area (TPSA) is 59.2 Å². The standard InChI is InChI=1S/C11H13NO3/c1-2-10(13)15-8-4-6-9-5-3-7-12-11(9)14/h2-3,5,7H,1,4,6,8H2,(H,12,14). The Morgan fingerprint density at radius 3 is 3.07 bits per heavy atom. The number of esters is 1. The van der Waals surface area contributed by atoms with E-state index in [1.165, 1.54) is 0 Å². The van der Waals surface area contributed by atoms with Gasteiger partial charge in [0.2, 0.25) is 0 Å². The van der Waals surface area contributed by atoms with Gasteiger partial charge in [0, 0.05) is 17.8 Å². The lowest BCUT2D eigenvalue weighted by Gasteiger charge is -2.01. The zero-order chi connectivity index (χ0) is 11.1. The Morgan fingerprint density at radius 1 is 1.60 bits per heavy atom. The van der Waals surface area contributed by atoms with Crippen molar-refractivity contribution in [2.75, 3.05) is 6.61 Å². The second-order valence-electron chi connectivity index (χ2n) is 3.00. The molecule has 1 rings (SSSR count). The first-order valence-electron chi connectivity index (χ1n) is 4.70. The number of H-pyrrole nitrogens is 1. The Morgan fingerprint density at radius 2 is 2.40 bits per heavy atom. The van der Waals surface area contributed by atoms with Gasteiger partial charge in [0.05, 0.1) is 6.61 Å². The van der Waals surface area contributed by atoms with Crippen LogP contribution in [0.4, 0.5) is 0 Å². The first kappa shape index (κ1) is 11.2. The lowest BCUT2D eigenvalue weighted by atomic mass is 10.2. The highest BCUT2D eigenvalue weighted by Gasteiger charge is 1.99. The highest BCUT2D eigenvalue weighted by molar-refractivity contribution is 5.81. The summed E-state index contributed by atoms with van der Waals surface area (Å²) in [4.78, 5) is 24.5. The van der Waals surface area contributed by atoms with Crippen LogP contribution in [0.3, 0.4) is 0 Å². The molecule has 0 aliphatic rings. The molecule has 0 saturated carbocycles. The highest BCUT2D eigenvalue weighted by atomic mass is 16.5. The molecule has 0 aliphatic carbocycles. The van der Waals surface area contributed by atoms with E-state index in [4.69, 9.17) is 4.74 Å². The summed E-state index contributed by atoms with van der Waals surface area (Å²) in [5.74, 6) is -0.433. The Balaban J connectivity index is 2.32. The van der Waals surface area contributed by atoms with Crippen LogP contribution in [-0.4, -0.2) is 17.6 Å². The number of ether oxygens (including phenoxy) is 1. The zero-order valence-corrected chi connectivity index (χ0v) is 8.36. The van der Waals surface area contributed by atoms with Gasteiger partial charge in [0.25, 0.3) is 5.56 Å². The molecule has 0 aliphatic heterocycles. The van der Waals surface area contributed by atoms with Crippen LogP contribution in [0.2, 0.25) is 0 Å². The molecule has 1 aromatic heterocycles. The molecule has 1 N–H and O–H groups in total. The maximum atomic E-state index is 11.2. The van der Waals surface area contributed by atoms with Crippen molar-refractivity contribution >= 4 is 5.97 Å². The fourth-order valence-electron chi connectivity index (χ4n) is 1.15. The molecule has 0 aromatic carbocycles. The number of carbonyl (C=O) groups is 1. The van der Waals surface area contributed by atoms with E-state index in [9.17, 15) is 9.59 Å². The Kier molecular flexibility index (Phi) is 4.34. The minimum atomic E-state index is -0.433. The first-order chi connectivity index (χ1) is 7.24. The molecule has 0 radical (unpaired) electrons. The summed E-state index contributed by atoms with van der Waals surface area (Å²) in [5, 5.41) is 0. The Hall–Kier alpha value is -1.84. The van der Waals surface area contributed by atoms with Gasteiger partial charge in [-0.1, -0.05) is 12.6 Å². The van der Waals surface area contributed by atoms with Gasteiger partial charge in [-0.05, 0) is 18.9 Å². The van der Waals surface area contributed by atoms with Crippen LogP contribution in [0.1, 0.15) is 12.0 Å². The number of rotatable bonds is 5. The van der Waals surface area contributed by atoms with Crippen molar-refractivity contribution in [2.45, 2.75) is 12.8 Å². The number of hydrogen-bond acceptors (Lipinski definition) is 3. The van der Waals surface area contributed by atoms with Crippen LogP contribution in [0.5, 0.6) is 0 Å². The van der Waals surface area contributed by atoms with E-state index >= 15 is 0 Å². The first-order valence-corrected chi connectivity index (χ1v) is 4.70. The van der Waals surface area contributed by atoms with Crippen molar-refractivity contribution in [3.63, 3.8) is 0 Å². The lowest BCUT2D eigenvalue weighted by Crippen LogP contribution is -2.12. The van der Waals surface area contributed by atoms with Gasteiger partial charge < -0.3 is 9.72 Å². The lowest BCUT2D eigenvalue weighted by molar-refractivity contribution is -0.137. The smallest absolute Gasteiger partial charge is 0.330 e. The maximum Gasteiger partial charge on any atom is 0.330 e. The summed E-state index contributed by atoms with van der Waals surface area (Å²) in [6.07, 6.45) is 3.94. The summed E-state index contributed by atoms with van der Waals surface area (Å²) < 4.78 is 4.78. The van der Waals surface area contributed by atoms with E-state index in [1.807, 2.05) is 0 Å². The quantitative estimate of drug-likeness (QED) is 0.446. The summed E-state index contributed by atoms with van der Waals surface area (Å²) in [7, 11) is 0. The van der Waals surface area contributed by atoms with Crippen molar-refractivity contribution in [3.8, 4) is 0 Å². The number of pyridine rings is 1. The predicted molar refractivity (Wildman–Crippen MR) is 56.5 cm³/mol. The molecule has 0 bridgehead atoms. The van der Waals surface area contributed by atoms with Crippen molar-refractivity contribution in [2.24, 2.45) is 0 Å². The minimum absolute atomic E-state index is 0.0902. The molecular formula is C11H13NO3. The van der Waals surface area contributed by atoms with Gasteiger partial charge in [-0.2, -0.15) is 0 Å². The molecule has 4 nitrogen and oxygen atoms in total. The van der Waals surface area contributed by atoms with Crippen LogP contribution in [0.25, 0.3) is 0 Å². The van der Waals surface area contributed by atoms with Crippen LogP contribution >= 0.6 is 0 Å². The van der Waals surface area contributed by atoms with Gasteiger partial charge in [-0.25, -0.2) is 4.79 Å². The number of aromatic amines is 1. The van der Waals surface area contributed by atoms with E-state index in [0.29, 0.717) is 25.0 Å². The van der Waals surface area contributed by atoms with Crippen LogP contribution < -0.4 is 5.56 Å². The van der Waals surface area contributed by atoms with E-state index in [0.717, 1.165) is 6.08 Å². The number of aryl methyl sites for hydroxylation is 1. The number of hydrogen-bond donors (Lipinski definition) is 1. The van der Waals surface area contributed by atoms with Crippen molar-refractivity contribution in [3.05, 3.63) is 46.9 Å². The summed E-state index contributed by atoms with van der Waals surface area (Å²) in [6.45, 7) is 3.59. The molecular weight excluding hydrogens is 194 g/mol. The molecule has 4 heteroatoms.